The number of aryl methyl sites for hydroxylation is 1. The molecule has 42 heavy (non-hydrogen) atoms. The molecule has 0 bridgehead atoms. The number of sulfone groups is 1. The summed E-state index contributed by atoms with van der Waals surface area (Å²) < 4.78 is 96.4. The number of nitrogens with one attached hydrogen (secondary N) is 1. The first-order valence-electron chi connectivity index (χ1n) is 13.0. The molecule has 1 aliphatic carbocycles. The predicted molar refractivity (Wildman–Crippen MR) is 144 cm³/mol. The van der Waals surface area contributed by atoms with Gasteiger partial charge in [-0.15, -0.1) is 0 Å². The van der Waals surface area contributed by atoms with Crippen LogP contribution in [0.15, 0.2) is 18.2 Å². The van der Waals surface area contributed by atoms with E-state index in [1.165, 1.54) is 16.8 Å². The number of aromatic nitrogens is 2. The van der Waals surface area contributed by atoms with E-state index < -0.39 is 69.6 Å². The van der Waals surface area contributed by atoms with Crippen molar-refractivity contribution in [3.05, 3.63) is 34.5 Å². The quantitative estimate of drug-likeness (QED) is 0.327. The molecule has 3 atom stereocenters. The molecule has 1 aromatic carbocycles. The Hall–Kier alpha value is -2.49. The number of hydrogen-bond acceptors (Lipinski definition) is 7. The van der Waals surface area contributed by atoms with Gasteiger partial charge in [-0.05, 0) is 50.3 Å². The Labute approximate surface area is 244 Å². The summed E-state index contributed by atoms with van der Waals surface area (Å²) in [4.78, 5) is 13.0. The van der Waals surface area contributed by atoms with Gasteiger partial charge in [0.25, 0.3) is 5.91 Å². The predicted octanol–water partition coefficient (Wildman–Crippen LogP) is 4.37. The normalized spacial score (nSPS) is 21.9. The average Bonchev–Trinajstić information content (AvgIpc) is 3.18. The number of halogens is 6. The Morgan fingerprint density at radius 1 is 1.31 bits per heavy atom. The summed E-state index contributed by atoms with van der Waals surface area (Å²) >= 11 is 6.49. The molecule has 2 aromatic rings. The van der Waals surface area contributed by atoms with Gasteiger partial charge in [0.1, 0.15) is 21.2 Å². The molecule has 0 saturated heterocycles. The van der Waals surface area contributed by atoms with Gasteiger partial charge >= 0.3 is 12.8 Å². The van der Waals surface area contributed by atoms with Crippen LogP contribution in [0.5, 0.6) is 5.75 Å². The van der Waals surface area contributed by atoms with E-state index >= 15 is 0 Å². The molecular weight excluding hydrogens is 613 g/mol. The summed E-state index contributed by atoms with van der Waals surface area (Å²) in [6.45, 7) is -0.0854. The van der Waals surface area contributed by atoms with Crippen molar-refractivity contribution >= 4 is 27.3 Å². The van der Waals surface area contributed by atoms with Crippen molar-refractivity contribution in [2.45, 2.75) is 82.7 Å². The number of ether oxygens (including phenoxy) is 1. The minimum absolute atomic E-state index is 0.00555. The standard InChI is InChI=1S/C26H33ClF5N3O6S/c1-5-35-21(16-7-6-14(10-17(16)41-23(28)29)12-24(2,3)26(30,31)32)19(27)20(34-35)22(37)33-13-25(38)9-8-15(11-18(25)36)42(4,39)40/h6-7,10,15,18,23,36,38H,5,8-9,11-13H2,1-4H3,(H,33,37)/t15?,18-,25-/m0/s1. The van der Waals surface area contributed by atoms with Crippen molar-refractivity contribution < 1.29 is 50.1 Å². The minimum atomic E-state index is -4.56. The zero-order valence-corrected chi connectivity index (χ0v) is 24.9. The fourth-order valence-electron chi connectivity index (χ4n) is 4.82. The SMILES string of the molecule is CCn1nc(C(=O)NC[C@@]2(O)CCC(S(C)(=O)=O)C[C@@H]2O)c(Cl)c1-c1ccc(CC(C)(C)C(F)(F)F)cc1OC(F)F. The number of carbonyl (C=O) groups is 1. The van der Waals surface area contributed by atoms with Gasteiger partial charge in [-0.3, -0.25) is 9.48 Å². The first-order valence-corrected chi connectivity index (χ1v) is 15.3. The van der Waals surface area contributed by atoms with E-state index in [2.05, 4.69) is 15.2 Å². The lowest BCUT2D eigenvalue weighted by molar-refractivity contribution is -0.211. The van der Waals surface area contributed by atoms with Crippen LogP contribution in [0.4, 0.5) is 22.0 Å². The third-order valence-corrected chi connectivity index (χ3v) is 9.50. The van der Waals surface area contributed by atoms with Crippen molar-refractivity contribution in [2.75, 3.05) is 12.8 Å². The highest BCUT2D eigenvalue weighted by Gasteiger charge is 2.47. The van der Waals surface area contributed by atoms with Crippen molar-refractivity contribution in [3.8, 4) is 17.0 Å². The van der Waals surface area contributed by atoms with Gasteiger partial charge in [0.2, 0.25) is 0 Å². The fourth-order valence-corrected chi connectivity index (χ4v) is 6.22. The second kappa shape index (κ2) is 12.2. The van der Waals surface area contributed by atoms with Crippen LogP contribution in [0.3, 0.4) is 0 Å². The van der Waals surface area contributed by atoms with Gasteiger partial charge in [-0.1, -0.05) is 31.5 Å². The van der Waals surface area contributed by atoms with E-state index in [9.17, 15) is 45.4 Å². The number of rotatable bonds is 10. The number of aliphatic hydroxyl groups is 2. The maximum Gasteiger partial charge on any atom is 0.394 e. The van der Waals surface area contributed by atoms with Gasteiger partial charge in [0.15, 0.2) is 5.69 Å². The van der Waals surface area contributed by atoms with Crippen LogP contribution in [0, 0.1) is 5.41 Å². The van der Waals surface area contributed by atoms with E-state index in [1.54, 1.807) is 6.92 Å². The molecule has 1 aliphatic rings. The molecule has 0 aliphatic heterocycles. The number of aliphatic hydroxyl groups excluding tert-OH is 1. The Balaban J connectivity index is 1.91. The zero-order valence-electron chi connectivity index (χ0n) is 23.3. The summed E-state index contributed by atoms with van der Waals surface area (Å²) in [5, 5.41) is 26.8. The average molecular weight is 646 g/mol. The molecule has 1 heterocycles. The fraction of sp³-hybridized carbons (Fsp3) is 0.615. The highest BCUT2D eigenvalue weighted by molar-refractivity contribution is 7.91. The number of hydrogen-bond donors (Lipinski definition) is 3. The van der Waals surface area contributed by atoms with Gasteiger partial charge in [-0.2, -0.15) is 27.1 Å². The monoisotopic (exact) mass is 645 g/mol. The molecule has 1 amide bonds. The van der Waals surface area contributed by atoms with E-state index in [4.69, 9.17) is 11.6 Å². The zero-order chi connectivity index (χ0) is 31.8. The second-order valence-electron chi connectivity index (χ2n) is 11.1. The van der Waals surface area contributed by atoms with Crippen LogP contribution in [-0.4, -0.2) is 76.9 Å². The lowest BCUT2D eigenvalue weighted by atomic mass is 9.82. The van der Waals surface area contributed by atoms with Crippen LogP contribution < -0.4 is 10.1 Å². The van der Waals surface area contributed by atoms with Gasteiger partial charge < -0.3 is 20.3 Å². The summed E-state index contributed by atoms with van der Waals surface area (Å²) in [6, 6.07) is 3.63. The Morgan fingerprint density at radius 3 is 2.48 bits per heavy atom. The van der Waals surface area contributed by atoms with E-state index in [0.717, 1.165) is 26.2 Å². The van der Waals surface area contributed by atoms with E-state index in [-0.39, 0.29) is 53.3 Å². The number of benzene rings is 1. The van der Waals surface area contributed by atoms with Crippen molar-refractivity contribution in [1.29, 1.82) is 0 Å². The molecule has 1 saturated carbocycles. The van der Waals surface area contributed by atoms with Gasteiger partial charge in [-0.25, -0.2) is 8.42 Å². The summed E-state index contributed by atoms with van der Waals surface area (Å²) in [5.74, 6) is -1.34. The molecule has 236 valence electrons. The maximum absolute atomic E-state index is 13.4. The second-order valence-corrected chi connectivity index (χ2v) is 13.8. The number of amides is 1. The minimum Gasteiger partial charge on any atom is -0.434 e. The Kier molecular flexibility index (Phi) is 9.92. The molecule has 1 unspecified atom stereocenters. The largest absolute Gasteiger partial charge is 0.434 e. The van der Waals surface area contributed by atoms with Crippen LogP contribution in [0.25, 0.3) is 11.3 Å². The lowest BCUT2D eigenvalue weighted by Crippen LogP contribution is -2.56. The highest BCUT2D eigenvalue weighted by atomic mass is 35.5. The van der Waals surface area contributed by atoms with Crippen molar-refractivity contribution in [1.82, 2.24) is 15.1 Å². The highest BCUT2D eigenvalue weighted by Crippen LogP contribution is 2.43. The first kappa shape index (κ1) is 34.0. The van der Waals surface area contributed by atoms with Crippen LogP contribution in [0.2, 0.25) is 5.02 Å². The molecule has 1 aromatic heterocycles. The molecule has 9 nitrogen and oxygen atoms in total. The van der Waals surface area contributed by atoms with E-state index in [1.807, 2.05) is 0 Å². The number of alkyl halides is 5. The Bertz CT molecular complexity index is 1420. The topological polar surface area (TPSA) is 131 Å². The van der Waals surface area contributed by atoms with Crippen LogP contribution in [0.1, 0.15) is 56.1 Å². The van der Waals surface area contributed by atoms with Crippen molar-refractivity contribution in [2.24, 2.45) is 5.41 Å². The summed E-state index contributed by atoms with van der Waals surface area (Å²) in [7, 11) is -3.45. The lowest BCUT2D eigenvalue weighted by Gasteiger charge is -2.39. The Morgan fingerprint density at radius 2 is 1.95 bits per heavy atom. The molecule has 3 rings (SSSR count). The van der Waals surface area contributed by atoms with Gasteiger partial charge in [0.05, 0.1) is 27.5 Å². The number of nitrogens with zero attached hydrogens (tertiary/aromatic N) is 2. The molecule has 1 fully saturated rings. The van der Waals surface area contributed by atoms with Crippen molar-refractivity contribution in [3.63, 3.8) is 0 Å². The molecular formula is C26H33ClF5N3O6S. The smallest absolute Gasteiger partial charge is 0.394 e. The summed E-state index contributed by atoms with van der Waals surface area (Å²) in [5.41, 5.74) is -4.30. The van der Waals surface area contributed by atoms with Crippen LogP contribution >= 0.6 is 11.6 Å². The van der Waals surface area contributed by atoms with E-state index in [0.29, 0.717) is 0 Å². The first-order chi connectivity index (χ1) is 19.2. The molecule has 0 radical (unpaired) electrons. The molecule has 16 heteroatoms. The third-order valence-electron chi connectivity index (χ3n) is 7.51. The summed E-state index contributed by atoms with van der Waals surface area (Å²) in [6.07, 6.45) is -5.75. The van der Waals surface area contributed by atoms with Crippen LogP contribution in [-0.2, 0) is 22.8 Å². The molecule has 3 N–H and O–H groups in total. The third kappa shape index (κ3) is 7.34. The molecule has 0 spiro atoms. The number of carbonyl (C=O) groups excluding carboxylic acids is 1. The van der Waals surface area contributed by atoms with Gasteiger partial charge in [0, 0.05) is 24.9 Å². The maximum atomic E-state index is 13.4.